The first-order chi connectivity index (χ1) is 9.13. The van der Waals surface area contributed by atoms with Crippen molar-refractivity contribution in [1.29, 1.82) is 0 Å². The molecule has 0 saturated heterocycles. The van der Waals surface area contributed by atoms with Crippen LogP contribution in [0.4, 0.5) is 4.79 Å². The molecule has 0 radical (unpaired) electrons. The second-order valence-corrected chi connectivity index (χ2v) is 3.81. The fourth-order valence-electron chi connectivity index (χ4n) is 1.41. The van der Waals surface area contributed by atoms with Gasteiger partial charge < -0.3 is 9.84 Å². The second kappa shape index (κ2) is 7.77. The monoisotopic (exact) mass is 261 g/mol. The van der Waals surface area contributed by atoms with E-state index in [0.29, 0.717) is 0 Å². The van der Waals surface area contributed by atoms with Crippen molar-refractivity contribution >= 4 is 12.1 Å². The van der Waals surface area contributed by atoms with Gasteiger partial charge in [-0.15, -0.1) is 12.3 Å². The third-order valence-electron chi connectivity index (χ3n) is 2.32. The molecule has 0 aromatic heterocycles. The van der Waals surface area contributed by atoms with E-state index < -0.39 is 18.6 Å². The van der Waals surface area contributed by atoms with Crippen molar-refractivity contribution in [2.75, 3.05) is 13.1 Å². The molecule has 0 fully saturated rings. The molecular formula is C14H15NO4. The van der Waals surface area contributed by atoms with E-state index in [2.05, 4.69) is 5.92 Å². The Kier molecular flexibility index (Phi) is 5.96. The highest BCUT2D eigenvalue weighted by molar-refractivity contribution is 5.76. The smallest absolute Gasteiger partial charge is 0.410 e. The lowest BCUT2D eigenvalue weighted by Gasteiger charge is -2.19. The number of hydrogen-bond acceptors (Lipinski definition) is 3. The van der Waals surface area contributed by atoms with E-state index in [-0.39, 0.29) is 19.6 Å². The van der Waals surface area contributed by atoms with Gasteiger partial charge in [-0.1, -0.05) is 30.3 Å². The lowest BCUT2D eigenvalue weighted by atomic mass is 10.2. The summed E-state index contributed by atoms with van der Waals surface area (Å²) in [6.07, 6.45) is 4.70. The van der Waals surface area contributed by atoms with E-state index in [1.54, 1.807) is 0 Å². The molecule has 5 nitrogen and oxygen atoms in total. The minimum absolute atomic E-state index is 0.103. The van der Waals surface area contributed by atoms with Crippen molar-refractivity contribution in [2.45, 2.75) is 13.0 Å². The Morgan fingerprint density at radius 1 is 1.32 bits per heavy atom. The van der Waals surface area contributed by atoms with Gasteiger partial charge in [0.05, 0.1) is 0 Å². The van der Waals surface area contributed by atoms with Crippen LogP contribution >= 0.6 is 0 Å². The number of aliphatic carboxylic acids is 1. The van der Waals surface area contributed by atoms with E-state index in [1.807, 2.05) is 30.3 Å². The Labute approximate surface area is 111 Å². The molecule has 1 rings (SSSR count). The van der Waals surface area contributed by atoms with Crippen LogP contribution in [0.5, 0.6) is 0 Å². The van der Waals surface area contributed by atoms with E-state index >= 15 is 0 Å². The maximum atomic E-state index is 11.7. The summed E-state index contributed by atoms with van der Waals surface area (Å²) >= 11 is 0. The molecule has 0 atom stereocenters. The number of carbonyl (C=O) groups is 2. The average molecular weight is 261 g/mol. The van der Waals surface area contributed by atoms with Crippen LogP contribution in [0.25, 0.3) is 0 Å². The van der Waals surface area contributed by atoms with Gasteiger partial charge in [-0.2, -0.15) is 0 Å². The van der Waals surface area contributed by atoms with Gasteiger partial charge in [0.1, 0.15) is 13.2 Å². The number of carboxylic acids is 1. The fourth-order valence-corrected chi connectivity index (χ4v) is 1.41. The standard InChI is InChI=1S/C14H15NO4/c1-2-3-9-15(10-13(16)17)14(18)19-11-12-7-5-4-6-8-12/h1,4-8H,3,9-11H2,(H,16,17). The zero-order chi connectivity index (χ0) is 14.1. The van der Waals surface area contributed by atoms with Crippen LogP contribution in [0.2, 0.25) is 0 Å². The average Bonchev–Trinajstić information content (AvgIpc) is 2.41. The van der Waals surface area contributed by atoms with E-state index in [1.165, 1.54) is 0 Å². The van der Waals surface area contributed by atoms with Gasteiger partial charge in [0.15, 0.2) is 0 Å². The number of amides is 1. The third-order valence-corrected chi connectivity index (χ3v) is 2.32. The van der Waals surface area contributed by atoms with Gasteiger partial charge in [0.25, 0.3) is 0 Å². The maximum absolute atomic E-state index is 11.7. The molecule has 1 amide bonds. The molecule has 1 aromatic rings. The quantitative estimate of drug-likeness (QED) is 0.792. The SMILES string of the molecule is C#CCCN(CC(=O)O)C(=O)OCc1ccccc1. The maximum Gasteiger partial charge on any atom is 0.410 e. The Morgan fingerprint density at radius 2 is 2.00 bits per heavy atom. The summed E-state index contributed by atoms with van der Waals surface area (Å²) in [6, 6.07) is 9.15. The molecule has 0 unspecified atom stereocenters. The summed E-state index contributed by atoms with van der Waals surface area (Å²) in [5.74, 6) is 1.25. The predicted octanol–water partition coefficient (Wildman–Crippen LogP) is 1.73. The topological polar surface area (TPSA) is 66.8 Å². The van der Waals surface area contributed by atoms with Crippen LogP contribution < -0.4 is 0 Å². The molecule has 0 aliphatic rings. The highest BCUT2D eigenvalue weighted by atomic mass is 16.6. The Balaban J connectivity index is 2.51. The summed E-state index contributed by atoms with van der Waals surface area (Å²) < 4.78 is 5.04. The zero-order valence-corrected chi connectivity index (χ0v) is 10.4. The molecule has 19 heavy (non-hydrogen) atoms. The molecule has 0 saturated carbocycles. The first-order valence-corrected chi connectivity index (χ1v) is 5.74. The highest BCUT2D eigenvalue weighted by Gasteiger charge is 2.17. The molecule has 1 N–H and O–H groups in total. The fraction of sp³-hybridized carbons (Fsp3) is 0.286. The largest absolute Gasteiger partial charge is 0.480 e. The van der Waals surface area contributed by atoms with Crippen LogP contribution in [0.15, 0.2) is 30.3 Å². The van der Waals surface area contributed by atoms with Gasteiger partial charge in [0, 0.05) is 13.0 Å². The highest BCUT2D eigenvalue weighted by Crippen LogP contribution is 2.03. The lowest BCUT2D eigenvalue weighted by Crippen LogP contribution is -2.36. The van der Waals surface area contributed by atoms with Gasteiger partial charge in [-0.3, -0.25) is 9.69 Å². The summed E-state index contributed by atoms with van der Waals surface area (Å²) in [4.78, 5) is 23.5. The zero-order valence-electron chi connectivity index (χ0n) is 10.4. The summed E-state index contributed by atoms with van der Waals surface area (Å²) in [7, 11) is 0. The van der Waals surface area contributed by atoms with E-state index in [4.69, 9.17) is 16.3 Å². The molecule has 100 valence electrons. The first-order valence-electron chi connectivity index (χ1n) is 5.74. The number of terminal acetylenes is 1. The van der Waals surface area contributed by atoms with Gasteiger partial charge in [-0.05, 0) is 5.56 Å². The number of nitrogens with zero attached hydrogens (tertiary/aromatic N) is 1. The number of carbonyl (C=O) groups excluding carboxylic acids is 1. The Hall–Kier alpha value is -2.48. The van der Waals surface area contributed by atoms with Crippen molar-refractivity contribution < 1.29 is 19.4 Å². The van der Waals surface area contributed by atoms with E-state index in [9.17, 15) is 9.59 Å². The summed E-state index contributed by atoms with van der Waals surface area (Å²) in [6.45, 7) is -0.155. The van der Waals surface area contributed by atoms with E-state index in [0.717, 1.165) is 10.5 Å². The third kappa shape index (κ3) is 5.59. The van der Waals surface area contributed by atoms with Crippen LogP contribution in [-0.2, 0) is 16.1 Å². The Bertz CT molecular complexity index is 464. The molecule has 5 heteroatoms. The number of ether oxygens (including phenoxy) is 1. The summed E-state index contributed by atoms with van der Waals surface area (Å²) in [5.41, 5.74) is 0.836. The Morgan fingerprint density at radius 3 is 2.58 bits per heavy atom. The first kappa shape index (κ1) is 14.6. The molecular weight excluding hydrogens is 246 g/mol. The number of carboxylic acid groups (broad SMARTS) is 1. The number of benzene rings is 1. The van der Waals surface area contributed by atoms with Crippen molar-refractivity contribution in [3.8, 4) is 12.3 Å². The van der Waals surface area contributed by atoms with Gasteiger partial charge in [-0.25, -0.2) is 4.79 Å². The molecule has 1 aromatic carbocycles. The minimum Gasteiger partial charge on any atom is -0.480 e. The molecule has 0 aliphatic carbocycles. The van der Waals surface area contributed by atoms with Crippen molar-refractivity contribution in [1.82, 2.24) is 4.90 Å². The number of hydrogen-bond donors (Lipinski definition) is 1. The minimum atomic E-state index is -1.10. The normalized spacial score (nSPS) is 9.42. The summed E-state index contributed by atoms with van der Waals surface area (Å²) in [5, 5.41) is 8.72. The van der Waals surface area contributed by atoms with Crippen molar-refractivity contribution in [3.05, 3.63) is 35.9 Å². The molecule has 0 heterocycles. The number of rotatable bonds is 6. The van der Waals surface area contributed by atoms with Crippen LogP contribution in [0.1, 0.15) is 12.0 Å². The van der Waals surface area contributed by atoms with Gasteiger partial charge >= 0.3 is 12.1 Å². The van der Waals surface area contributed by atoms with Crippen LogP contribution in [0, 0.1) is 12.3 Å². The second-order valence-electron chi connectivity index (χ2n) is 3.81. The van der Waals surface area contributed by atoms with Crippen molar-refractivity contribution in [3.63, 3.8) is 0 Å². The molecule has 0 aliphatic heterocycles. The van der Waals surface area contributed by atoms with Gasteiger partial charge in [0.2, 0.25) is 0 Å². The van der Waals surface area contributed by atoms with Crippen LogP contribution in [-0.4, -0.2) is 35.2 Å². The van der Waals surface area contributed by atoms with Crippen LogP contribution in [0.3, 0.4) is 0 Å². The predicted molar refractivity (Wildman–Crippen MR) is 69.3 cm³/mol. The van der Waals surface area contributed by atoms with Crippen molar-refractivity contribution in [2.24, 2.45) is 0 Å². The lowest BCUT2D eigenvalue weighted by molar-refractivity contribution is -0.138. The molecule has 0 bridgehead atoms. The molecule has 0 spiro atoms.